The smallest absolute Gasteiger partial charge is 0.124 e. The lowest BCUT2D eigenvalue weighted by molar-refractivity contribution is 1.48. The van der Waals surface area contributed by atoms with Gasteiger partial charge in [-0.1, -0.05) is 121 Å². The summed E-state index contributed by atoms with van der Waals surface area (Å²) in [6, 6.07) is 50.8. The van der Waals surface area contributed by atoms with Crippen LogP contribution in [0.25, 0.3) is 85.8 Å². The van der Waals surface area contributed by atoms with Crippen LogP contribution >= 0.6 is 11.3 Å². The van der Waals surface area contributed by atoms with Crippen molar-refractivity contribution in [2.75, 3.05) is 0 Å². The van der Waals surface area contributed by atoms with Crippen molar-refractivity contribution in [2.24, 2.45) is 0 Å². The third-order valence-corrected chi connectivity index (χ3v) is 9.57. The molecule has 8 aromatic carbocycles. The predicted molar refractivity (Wildman–Crippen MR) is 178 cm³/mol. The summed E-state index contributed by atoms with van der Waals surface area (Å²) in [5.41, 5.74) is 4.73. The summed E-state index contributed by atoms with van der Waals surface area (Å²) in [6.07, 6.45) is 0. The van der Waals surface area contributed by atoms with Crippen LogP contribution in [-0.2, 0) is 0 Å². The van der Waals surface area contributed by atoms with E-state index in [1.165, 1.54) is 69.7 Å². The molecule has 2 heteroatoms. The summed E-state index contributed by atoms with van der Waals surface area (Å²) in [4.78, 5) is 5.04. The topological polar surface area (TPSA) is 12.9 Å². The highest BCUT2D eigenvalue weighted by atomic mass is 32.1. The van der Waals surface area contributed by atoms with E-state index in [1.807, 2.05) is 0 Å². The van der Waals surface area contributed by atoms with Gasteiger partial charge in [0.25, 0.3) is 0 Å². The summed E-state index contributed by atoms with van der Waals surface area (Å²) >= 11 is 1.79. The number of thiazole rings is 1. The molecule has 1 aromatic heterocycles. The van der Waals surface area contributed by atoms with Crippen LogP contribution in [0, 0.1) is 0 Å². The molecule has 0 spiro atoms. The third kappa shape index (κ3) is 3.45. The first-order valence-corrected chi connectivity index (χ1v) is 14.8. The zero-order valence-electron chi connectivity index (χ0n) is 22.1. The highest BCUT2D eigenvalue weighted by Gasteiger charge is 2.15. The Morgan fingerprint density at radius 3 is 1.95 bits per heavy atom. The molecule has 0 fully saturated rings. The van der Waals surface area contributed by atoms with Crippen LogP contribution in [0.5, 0.6) is 0 Å². The van der Waals surface area contributed by atoms with Crippen molar-refractivity contribution >= 4 is 75.4 Å². The number of fused-ring (bicyclic) bond motifs is 10. The molecule has 9 aromatic rings. The summed E-state index contributed by atoms with van der Waals surface area (Å²) < 4.78 is 1.25. The van der Waals surface area contributed by atoms with Gasteiger partial charge >= 0.3 is 0 Å². The minimum atomic E-state index is 1.06. The number of aromatic nitrogens is 1. The van der Waals surface area contributed by atoms with Crippen molar-refractivity contribution in [1.29, 1.82) is 0 Å². The monoisotopic (exact) mass is 537 g/mol. The summed E-state index contributed by atoms with van der Waals surface area (Å²) in [7, 11) is 0. The van der Waals surface area contributed by atoms with E-state index in [2.05, 4.69) is 140 Å². The number of benzene rings is 8. The van der Waals surface area contributed by atoms with Crippen molar-refractivity contribution in [1.82, 2.24) is 4.98 Å². The molecule has 0 saturated carbocycles. The van der Waals surface area contributed by atoms with Crippen LogP contribution in [0.3, 0.4) is 0 Å². The van der Waals surface area contributed by atoms with E-state index in [0.29, 0.717) is 0 Å². The number of rotatable bonds is 2. The van der Waals surface area contributed by atoms with Gasteiger partial charge < -0.3 is 0 Å². The Labute approximate surface area is 240 Å². The second-order valence-corrected chi connectivity index (χ2v) is 11.8. The van der Waals surface area contributed by atoms with E-state index in [0.717, 1.165) is 16.1 Å². The fraction of sp³-hybridized carbons (Fsp3) is 0. The molecule has 0 atom stereocenters. The van der Waals surface area contributed by atoms with Gasteiger partial charge in [-0.3, -0.25) is 0 Å². The second kappa shape index (κ2) is 8.72. The predicted octanol–water partition coefficient (Wildman–Crippen LogP) is 11.4. The minimum Gasteiger partial charge on any atom is -0.236 e. The molecule has 190 valence electrons. The normalized spacial score (nSPS) is 11.9. The Balaban J connectivity index is 1.34. The van der Waals surface area contributed by atoms with Crippen molar-refractivity contribution < 1.29 is 0 Å². The van der Waals surface area contributed by atoms with Gasteiger partial charge in [0, 0.05) is 10.9 Å². The average Bonchev–Trinajstić information content (AvgIpc) is 3.49. The second-order valence-electron chi connectivity index (χ2n) is 10.8. The lowest BCUT2D eigenvalue weighted by atomic mass is 9.89. The van der Waals surface area contributed by atoms with Crippen LogP contribution < -0.4 is 0 Å². The van der Waals surface area contributed by atoms with Gasteiger partial charge in [0.15, 0.2) is 0 Å². The first kappa shape index (κ1) is 22.7. The van der Waals surface area contributed by atoms with E-state index in [4.69, 9.17) is 4.98 Å². The van der Waals surface area contributed by atoms with Crippen LogP contribution in [-0.4, -0.2) is 4.98 Å². The molecule has 0 saturated heterocycles. The molecular weight excluding hydrogens is 515 g/mol. The molecule has 0 aliphatic carbocycles. The van der Waals surface area contributed by atoms with E-state index in [9.17, 15) is 0 Å². The summed E-state index contributed by atoms with van der Waals surface area (Å²) in [5, 5.41) is 13.9. The largest absolute Gasteiger partial charge is 0.236 e. The third-order valence-electron chi connectivity index (χ3n) is 8.43. The molecular formula is C39H23NS. The lowest BCUT2D eigenvalue weighted by Crippen LogP contribution is -1.87. The molecule has 1 heterocycles. The quantitative estimate of drug-likeness (QED) is 0.200. The summed E-state index contributed by atoms with van der Waals surface area (Å²) in [5.74, 6) is 0. The Kier molecular flexibility index (Phi) is 4.84. The van der Waals surface area contributed by atoms with E-state index in [-0.39, 0.29) is 0 Å². The van der Waals surface area contributed by atoms with Crippen LogP contribution in [0.2, 0.25) is 0 Å². The van der Waals surface area contributed by atoms with Crippen LogP contribution in [0.4, 0.5) is 0 Å². The Bertz CT molecular complexity index is 2470. The highest BCUT2D eigenvalue weighted by molar-refractivity contribution is 7.22. The molecule has 9 rings (SSSR count). The van der Waals surface area contributed by atoms with E-state index < -0.39 is 0 Å². The van der Waals surface area contributed by atoms with Crippen molar-refractivity contribution in [3.63, 3.8) is 0 Å². The Morgan fingerprint density at radius 1 is 0.415 bits per heavy atom. The number of hydrogen-bond acceptors (Lipinski definition) is 2. The number of hydrogen-bond donors (Lipinski definition) is 0. The average molecular weight is 538 g/mol. The maximum atomic E-state index is 5.04. The van der Waals surface area contributed by atoms with Gasteiger partial charge in [0.2, 0.25) is 0 Å². The van der Waals surface area contributed by atoms with Gasteiger partial charge in [-0.2, -0.15) is 0 Å². The molecule has 0 amide bonds. The standard InChI is InChI=1S/C39H23NS/c1-2-9-27(10-3-1)39-40-35-21-20-26-17-14-25-15-18-28(22-34(25)37(26)38(35)41-39)33-23-29-19-16-24-8-4-5-11-30(24)36(29)32-13-7-6-12-31(32)33/h1-23H. The highest BCUT2D eigenvalue weighted by Crippen LogP contribution is 2.42. The molecule has 0 radical (unpaired) electrons. The molecule has 0 N–H and O–H groups in total. The first-order valence-electron chi connectivity index (χ1n) is 14.0. The first-order chi connectivity index (χ1) is 20.3. The maximum Gasteiger partial charge on any atom is 0.124 e. The van der Waals surface area contributed by atoms with Gasteiger partial charge in [-0.05, 0) is 77.8 Å². The molecule has 0 unspecified atom stereocenters. The van der Waals surface area contributed by atoms with Crippen LogP contribution in [0.1, 0.15) is 0 Å². The minimum absolute atomic E-state index is 1.06. The van der Waals surface area contributed by atoms with E-state index in [1.54, 1.807) is 11.3 Å². The lowest BCUT2D eigenvalue weighted by Gasteiger charge is -2.14. The van der Waals surface area contributed by atoms with Gasteiger partial charge in [0.05, 0.1) is 10.2 Å². The SMILES string of the molecule is c1ccc(-c2nc3ccc4ccc5ccc(-c6cc7ccc8ccccc8c7c7ccccc67)cc5c4c3s2)cc1. The van der Waals surface area contributed by atoms with Gasteiger partial charge in [-0.15, -0.1) is 11.3 Å². The molecule has 1 nitrogen and oxygen atoms in total. The van der Waals surface area contributed by atoms with Crippen molar-refractivity contribution in [2.45, 2.75) is 0 Å². The Morgan fingerprint density at radius 2 is 1.07 bits per heavy atom. The van der Waals surface area contributed by atoms with E-state index >= 15 is 0 Å². The fourth-order valence-electron chi connectivity index (χ4n) is 6.51. The van der Waals surface area contributed by atoms with Crippen molar-refractivity contribution in [3.05, 3.63) is 140 Å². The van der Waals surface area contributed by atoms with Crippen LogP contribution in [0.15, 0.2) is 140 Å². The molecule has 0 aliphatic rings. The zero-order chi connectivity index (χ0) is 26.9. The number of nitrogens with zero attached hydrogens (tertiary/aromatic N) is 1. The van der Waals surface area contributed by atoms with Gasteiger partial charge in [0.1, 0.15) is 5.01 Å². The van der Waals surface area contributed by atoms with Gasteiger partial charge in [-0.25, -0.2) is 4.98 Å². The summed E-state index contributed by atoms with van der Waals surface area (Å²) in [6.45, 7) is 0. The maximum absolute atomic E-state index is 5.04. The van der Waals surface area contributed by atoms with Crippen molar-refractivity contribution in [3.8, 4) is 21.7 Å². The molecule has 0 aliphatic heterocycles. The Hall–Kier alpha value is -5.05. The molecule has 41 heavy (non-hydrogen) atoms. The molecule has 0 bridgehead atoms. The zero-order valence-corrected chi connectivity index (χ0v) is 23.0. The fourth-order valence-corrected chi connectivity index (χ4v) is 7.65.